The number of hydrazine groups is 1. The third kappa shape index (κ3) is 4.56. The Bertz CT molecular complexity index is 450. The number of hydrogen-bond donors (Lipinski definition) is 3. The van der Waals surface area contributed by atoms with Crippen LogP contribution in [0.4, 0.5) is 4.39 Å². The normalized spacial score (nSPS) is 18.5. The van der Waals surface area contributed by atoms with Crippen molar-refractivity contribution >= 4 is 21.8 Å². The van der Waals surface area contributed by atoms with E-state index in [9.17, 15) is 9.18 Å². The van der Waals surface area contributed by atoms with Gasteiger partial charge in [-0.15, -0.1) is 0 Å². The number of carbonyl (C=O) groups is 1. The number of carbonyl (C=O) groups excluding carboxylic acids is 1. The lowest BCUT2D eigenvalue weighted by atomic mass is 10.1. The van der Waals surface area contributed by atoms with Gasteiger partial charge in [-0.05, 0) is 30.5 Å². The molecular formula is C13H17BrFN3O. The van der Waals surface area contributed by atoms with Crippen LogP contribution in [0.1, 0.15) is 18.4 Å². The van der Waals surface area contributed by atoms with Gasteiger partial charge in [-0.2, -0.15) is 0 Å². The van der Waals surface area contributed by atoms with E-state index in [-0.39, 0.29) is 17.8 Å². The van der Waals surface area contributed by atoms with Gasteiger partial charge in [0, 0.05) is 30.0 Å². The van der Waals surface area contributed by atoms with Gasteiger partial charge in [-0.3, -0.25) is 15.6 Å². The molecule has 104 valence electrons. The van der Waals surface area contributed by atoms with Crippen LogP contribution in [-0.4, -0.2) is 25.0 Å². The maximum Gasteiger partial charge on any atom is 0.220 e. The summed E-state index contributed by atoms with van der Waals surface area (Å²) in [5.74, 6) is -0.320. The molecule has 0 radical (unpaired) electrons. The molecule has 1 unspecified atom stereocenters. The van der Waals surface area contributed by atoms with Crippen molar-refractivity contribution in [1.82, 2.24) is 16.2 Å². The van der Waals surface area contributed by atoms with Gasteiger partial charge < -0.3 is 5.32 Å². The first kappa shape index (κ1) is 14.4. The number of amides is 1. The van der Waals surface area contributed by atoms with E-state index in [0.29, 0.717) is 29.4 Å². The van der Waals surface area contributed by atoms with Crippen LogP contribution in [-0.2, 0) is 11.2 Å². The maximum absolute atomic E-state index is 13.6. The average molecular weight is 330 g/mol. The van der Waals surface area contributed by atoms with Crippen molar-refractivity contribution in [3.63, 3.8) is 0 Å². The summed E-state index contributed by atoms with van der Waals surface area (Å²) in [7, 11) is 0. The van der Waals surface area contributed by atoms with Crippen LogP contribution >= 0.6 is 15.9 Å². The molecule has 0 saturated carbocycles. The molecule has 3 N–H and O–H groups in total. The summed E-state index contributed by atoms with van der Waals surface area (Å²) in [6.45, 7) is 1.53. The zero-order chi connectivity index (χ0) is 13.7. The lowest BCUT2D eigenvalue weighted by Gasteiger charge is -2.11. The van der Waals surface area contributed by atoms with E-state index >= 15 is 0 Å². The second-order valence-electron chi connectivity index (χ2n) is 4.60. The molecule has 1 aliphatic heterocycles. The van der Waals surface area contributed by atoms with Gasteiger partial charge in [-0.25, -0.2) is 4.39 Å². The molecule has 1 heterocycles. The van der Waals surface area contributed by atoms with Gasteiger partial charge in [0.1, 0.15) is 5.82 Å². The Morgan fingerprint density at radius 2 is 2.37 bits per heavy atom. The van der Waals surface area contributed by atoms with Crippen molar-refractivity contribution in [3.8, 4) is 0 Å². The fraction of sp³-hybridized carbons (Fsp3) is 0.462. The molecule has 4 nitrogen and oxygen atoms in total. The highest BCUT2D eigenvalue weighted by atomic mass is 79.9. The van der Waals surface area contributed by atoms with Gasteiger partial charge in [-0.1, -0.05) is 22.0 Å². The maximum atomic E-state index is 13.6. The minimum absolute atomic E-state index is 0.0454. The summed E-state index contributed by atoms with van der Waals surface area (Å²) >= 11 is 3.21. The van der Waals surface area contributed by atoms with Crippen molar-refractivity contribution in [1.29, 1.82) is 0 Å². The largest absolute Gasteiger partial charge is 0.354 e. The number of hydrogen-bond acceptors (Lipinski definition) is 3. The highest BCUT2D eigenvalue weighted by Crippen LogP contribution is 2.16. The van der Waals surface area contributed by atoms with Crippen molar-refractivity contribution in [2.24, 2.45) is 0 Å². The predicted molar refractivity (Wildman–Crippen MR) is 75.0 cm³/mol. The molecule has 1 saturated heterocycles. The van der Waals surface area contributed by atoms with Crippen molar-refractivity contribution < 1.29 is 9.18 Å². The van der Waals surface area contributed by atoms with Crippen LogP contribution in [0.25, 0.3) is 0 Å². The van der Waals surface area contributed by atoms with E-state index in [1.807, 2.05) is 0 Å². The molecule has 1 amide bonds. The molecule has 0 bridgehead atoms. The fourth-order valence-corrected chi connectivity index (χ4v) is 2.32. The summed E-state index contributed by atoms with van der Waals surface area (Å²) in [4.78, 5) is 11.7. The van der Waals surface area contributed by atoms with Crippen LogP contribution in [0.3, 0.4) is 0 Å². The van der Waals surface area contributed by atoms with E-state index < -0.39 is 0 Å². The molecule has 19 heavy (non-hydrogen) atoms. The van der Waals surface area contributed by atoms with Crippen LogP contribution < -0.4 is 16.2 Å². The topological polar surface area (TPSA) is 53.2 Å². The Morgan fingerprint density at radius 1 is 1.53 bits per heavy atom. The first-order chi connectivity index (χ1) is 9.15. The zero-order valence-electron chi connectivity index (χ0n) is 10.5. The zero-order valence-corrected chi connectivity index (χ0v) is 12.1. The number of rotatable bonds is 5. The molecule has 0 aromatic heterocycles. The fourth-order valence-electron chi connectivity index (χ4n) is 1.99. The van der Waals surface area contributed by atoms with E-state index in [1.54, 1.807) is 12.1 Å². The first-order valence-corrected chi connectivity index (χ1v) is 7.13. The van der Waals surface area contributed by atoms with Crippen molar-refractivity contribution in [2.75, 3.05) is 13.1 Å². The van der Waals surface area contributed by atoms with Crippen LogP contribution in [0.15, 0.2) is 22.7 Å². The number of aryl methyl sites for hydroxylation is 1. The summed E-state index contributed by atoms with van der Waals surface area (Å²) in [5.41, 5.74) is 6.65. The average Bonchev–Trinajstić information content (AvgIpc) is 2.88. The summed E-state index contributed by atoms with van der Waals surface area (Å²) < 4.78 is 14.3. The predicted octanol–water partition coefficient (Wildman–Crippen LogP) is 1.50. The number of halogens is 2. The van der Waals surface area contributed by atoms with Crippen LogP contribution in [0, 0.1) is 5.82 Å². The second kappa shape index (κ2) is 6.98. The van der Waals surface area contributed by atoms with Crippen LogP contribution in [0.5, 0.6) is 0 Å². The molecule has 0 aliphatic carbocycles. The second-order valence-corrected chi connectivity index (χ2v) is 5.51. The Labute approximate surface area is 120 Å². The number of nitrogens with one attached hydrogen (secondary N) is 3. The molecule has 1 aromatic rings. The molecule has 2 rings (SSSR count). The SMILES string of the molecule is O=C(CCc1ccc(Br)cc1F)NCC1CCNN1. The Kier molecular flexibility index (Phi) is 5.30. The highest BCUT2D eigenvalue weighted by molar-refractivity contribution is 9.10. The molecule has 1 aromatic carbocycles. The van der Waals surface area contributed by atoms with E-state index in [2.05, 4.69) is 32.1 Å². The minimum atomic E-state index is -0.274. The molecule has 1 atom stereocenters. The van der Waals surface area contributed by atoms with E-state index in [4.69, 9.17) is 0 Å². The Hall–Kier alpha value is -0.980. The highest BCUT2D eigenvalue weighted by Gasteiger charge is 2.14. The third-order valence-electron chi connectivity index (χ3n) is 3.11. The summed E-state index contributed by atoms with van der Waals surface area (Å²) in [5, 5.41) is 2.85. The molecule has 6 heteroatoms. The monoisotopic (exact) mass is 329 g/mol. The van der Waals surface area contributed by atoms with Gasteiger partial charge >= 0.3 is 0 Å². The Morgan fingerprint density at radius 3 is 3.05 bits per heavy atom. The van der Waals surface area contributed by atoms with E-state index in [1.165, 1.54) is 6.07 Å². The van der Waals surface area contributed by atoms with Gasteiger partial charge in [0.05, 0.1) is 0 Å². The molecule has 0 spiro atoms. The lowest BCUT2D eigenvalue weighted by Crippen LogP contribution is -2.40. The van der Waals surface area contributed by atoms with Crippen LogP contribution in [0.2, 0.25) is 0 Å². The van der Waals surface area contributed by atoms with Crippen molar-refractivity contribution in [2.45, 2.75) is 25.3 Å². The smallest absolute Gasteiger partial charge is 0.220 e. The molecule has 1 aliphatic rings. The van der Waals surface area contributed by atoms with Crippen molar-refractivity contribution in [3.05, 3.63) is 34.1 Å². The number of benzene rings is 1. The first-order valence-electron chi connectivity index (χ1n) is 6.34. The summed E-state index contributed by atoms with van der Waals surface area (Å²) in [6, 6.07) is 5.19. The lowest BCUT2D eigenvalue weighted by molar-refractivity contribution is -0.121. The minimum Gasteiger partial charge on any atom is -0.354 e. The Balaban J connectivity index is 1.73. The van der Waals surface area contributed by atoms with E-state index in [0.717, 1.165) is 13.0 Å². The standard InChI is InChI=1S/C13H17BrFN3O/c14-10-3-1-9(12(15)7-10)2-4-13(19)16-8-11-5-6-17-18-11/h1,3,7,11,17-18H,2,4-6,8H2,(H,16,19). The van der Waals surface area contributed by atoms with Gasteiger partial charge in [0.25, 0.3) is 0 Å². The quantitative estimate of drug-likeness (QED) is 0.767. The molecule has 1 fully saturated rings. The van der Waals surface area contributed by atoms with Gasteiger partial charge in [0.15, 0.2) is 0 Å². The van der Waals surface area contributed by atoms with Gasteiger partial charge in [0.2, 0.25) is 5.91 Å². The third-order valence-corrected chi connectivity index (χ3v) is 3.60. The molecular weight excluding hydrogens is 313 g/mol. The summed E-state index contributed by atoms with van der Waals surface area (Å²) in [6.07, 6.45) is 1.72.